The number of ether oxygens (including phenoxy) is 3. The molecule has 132 valence electrons. The molecule has 0 aromatic carbocycles. The highest BCUT2D eigenvalue weighted by molar-refractivity contribution is 5.87. The Hall–Kier alpha value is -0.650. The third kappa shape index (κ3) is 2.52. The number of hydrogen-bond acceptors (Lipinski definition) is 9. The summed E-state index contributed by atoms with van der Waals surface area (Å²) in [5.41, 5.74) is 0. The largest absolute Gasteiger partial charge is 0.390 e. The van der Waals surface area contributed by atoms with Crippen LogP contribution in [0.25, 0.3) is 0 Å². The highest BCUT2D eigenvalue weighted by Crippen LogP contribution is 2.40. The molecule has 0 aromatic heterocycles. The standard InChI is InChI=1S/C14H24N2O7/c1-5-4-6(17)14(20)13(21-5)22-12-10(19)7(15-2)9(18)8(16-3)11(12)23-14/h5,7-13,15-16,18-20H,4H2,1-3H3/t5-,7-,8+,9+,10+,11-,12-,13+,14?/m1/s1. The Morgan fingerprint density at radius 2 is 1.74 bits per heavy atom. The van der Waals surface area contributed by atoms with E-state index in [1.807, 2.05) is 0 Å². The molecule has 0 aromatic rings. The average molecular weight is 332 g/mol. The van der Waals surface area contributed by atoms with Gasteiger partial charge in [0.15, 0.2) is 5.78 Å². The molecule has 1 saturated carbocycles. The monoisotopic (exact) mass is 332 g/mol. The van der Waals surface area contributed by atoms with Crippen LogP contribution in [0, 0.1) is 0 Å². The van der Waals surface area contributed by atoms with Crippen molar-refractivity contribution in [2.75, 3.05) is 14.1 Å². The molecule has 3 aliphatic rings. The minimum atomic E-state index is -2.23. The summed E-state index contributed by atoms with van der Waals surface area (Å²) in [5.74, 6) is -2.76. The first-order chi connectivity index (χ1) is 10.8. The van der Waals surface area contributed by atoms with Crippen LogP contribution in [-0.2, 0) is 19.0 Å². The number of nitrogens with one attached hydrogen (secondary N) is 2. The fourth-order valence-corrected chi connectivity index (χ4v) is 3.68. The molecule has 2 saturated heterocycles. The molecule has 0 radical (unpaired) electrons. The molecule has 9 atom stereocenters. The number of aliphatic hydroxyl groups excluding tert-OH is 2. The molecule has 0 spiro atoms. The van der Waals surface area contributed by atoms with E-state index in [1.165, 1.54) is 0 Å². The van der Waals surface area contributed by atoms with Gasteiger partial charge in [0.1, 0.15) is 18.3 Å². The van der Waals surface area contributed by atoms with Gasteiger partial charge in [0.05, 0.1) is 24.3 Å². The number of ketones is 1. The van der Waals surface area contributed by atoms with Crippen molar-refractivity contribution in [1.82, 2.24) is 10.6 Å². The maximum atomic E-state index is 12.2. The molecule has 9 heteroatoms. The highest BCUT2D eigenvalue weighted by atomic mass is 16.8. The summed E-state index contributed by atoms with van der Waals surface area (Å²) in [5, 5.41) is 37.2. The van der Waals surface area contributed by atoms with Gasteiger partial charge in [0, 0.05) is 6.42 Å². The van der Waals surface area contributed by atoms with Crippen LogP contribution in [0.15, 0.2) is 0 Å². The van der Waals surface area contributed by atoms with Crippen LogP contribution < -0.4 is 10.6 Å². The van der Waals surface area contributed by atoms with E-state index in [4.69, 9.17) is 14.2 Å². The molecule has 1 unspecified atom stereocenters. The minimum absolute atomic E-state index is 0.00220. The van der Waals surface area contributed by atoms with E-state index in [-0.39, 0.29) is 6.42 Å². The number of hydrogen-bond donors (Lipinski definition) is 5. The van der Waals surface area contributed by atoms with Crippen molar-refractivity contribution < 1.29 is 34.3 Å². The van der Waals surface area contributed by atoms with E-state index in [0.717, 1.165) is 0 Å². The van der Waals surface area contributed by atoms with Gasteiger partial charge in [-0.25, -0.2) is 0 Å². The Kier molecular flexibility index (Phi) is 4.49. The molecule has 1 aliphatic carbocycles. The summed E-state index contributed by atoms with van der Waals surface area (Å²) in [7, 11) is 3.24. The minimum Gasteiger partial charge on any atom is -0.390 e. The fourth-order valence-electron chi connectivity index (χ4n) is 3.68. The van der Waals surface area contributed by atoms with Crippen LogP contribution >= 0.6 is 0 Å². The second kappa shape index (κ2) is 6.01. The zero-order chi connectivity index (χ0) is 16.9. The van der Waals surface area contributed by atoms with Crippen molar-refractivity contribution in [1.29, 1.82) is 0 Å². The lowest BCUT2D eigenvalue weighted by Gasteiger charge is -2.55. The van der Waals surface area contributed by atoms with Gasteiger partial charge in [-0.3, -0.25) is 4.79 Å². The molecular weight excluding hydrogens is 308 g/mol. The number of Topliss-reactive ketones (excluding diaryl/α,β-unsaturated/α-hetero) is 1. The van der Waals surface area contributed by atoms with Crippen molar-refractivity contribution in [3.8, 4) is 0 Å². The molecule has 0 amide bonds. The maximum Gasteiger partial charge on any atom is 0.280 e. The third-order valence-electron chi connectivity index (χ3n) is 4.93. The molecule has 3 fully saturated rings. The molecule has 23 heavy (non-hydrogen) atoms. The summed E-state index contributed by atoms with van der Waals surface area (Å²) < 4.78 is 16.8. The highest BCUT2D eigenvalue weighted by Gasteiger charge is 2.63. The zero-order valence-electron chi connectivity index (χ0n) is 13.3. The second-order valence-corrected chi connectivity index (χ2v) is 6.40. The van der Waals surface area contributed by atoms with Gasteiger partial charge in [0.2, 0.25) is 6.29 Å². The first kappa shape index (κ1) is 17.2. The fraction of sp³-hybridized carbons (Fsp3) is 0.929. The first-order valence-corrected chi connectivity index (χ1v) is 7.78. The Bertz CT molecular complexity index is 478. The summed E-state index contributed by atoms with van der Waals surface area (Å²) in [4.78, 5) is 12.2. The van der Waals surface area contributed by atoms with Crippen molar-refractivity contribution in [3.05, 3.63) is 0 Å². The molecule has 3 rings (SSSR count). The molecule has 0 bridgehead atoms. The second-order valence-electron chi connectivity index (χ2n) is 6.40. The van der Waals surface area contributed by atoms with Gasteiger partial charge in [-0.1, -0.05) is 0 Å². The van der Waals surface area contributed by atoms with E-state index >= 15 is 0 Å². The molecular formula is C14H24N2O7. The van der Waals surface area contributed by atoms with E-state index in [2.05, 4.69) is 10.6 Å². The van der Waals surface area contributed by atoms with Crippen molar-refractivity contribution in [3.63, 3.8) is 0 Å². The van der Waals surface area contributed by atoms with Crippen LogP contribution in [0.5, 0.6) is 0 Å². The van der Waals surface area contributed by atoms with Crippen LogP contribution in [0.1, 0.15) is 13.3 Å². The lowest BCUT2D eigenvalue weighted by Crippen LogP contribution is -2.77. The Balaban J connectivity index is 1.92. The maximum absolute atomic E-state index is 12.2. The Morgan fingerprint density at radius 3 is 2.35 bits per heavy atom. The number of carbonyl (C=O) groups is 1. The molecule has 9 nitrogen and oxygen atoms in total. The van der Waals surface area contributed by atoms with Gasteiger partial charge in [-0.2, -0.15) is 0 Å². The summed E-state index contributed by atoms with van der Waals surface area (Å²) >= 11 is 0. The number of likely N-dealkylation sites (N-methyl/N-ethyl adjacent to an activating group) is 2. The van der Waals surface area contributed by atoms with Crippen LogP contribution in [0.4, 0.5) is 0 Å². The zero-order valence-corrected chi connectivity index (χ0v) is 13.3. The van der Waals surface area contributed by atoms with Crippen LogP contribution in [0.2, 0.25) is 0 Å². The number of aliphatic hydroxyl groups is 3. The smallest absolute Gasteiger partial charge is 0.280 e. The van der Waals surface area contributed by atoms with E-state index < -0.39 is 60.5 Å². The average Bonchev–Trinajstić information content (AvgIpc) is 2.49. The Morgan fingerprint density at radius 1 is 1.09 bits per heavy atom. The normalized spacial score (nSPS) is 53.6. The van der Waals surface area contributed by atoms with Gasteiger partial charge in [-0.05, 0) is 21.0 Å². The van der Waals surface area contributed by atoms with Gasteiger partial charge in [0.25, 0.3) is 5.79 Å². The summed E-state index contributed by atoms with van der Waals surface area (Å²) in [6.45, 7) is 1.70. The predicted octanol–water partition coefficient (Wildman–Crippen LogP) is -2.93. The molecule has 5 N–H and O–H groups in total. The number of fused-ring (bicyclic) bond motifs is 2. The van der Waals surface area contributed by atoms with Crippen LogP contribution in [-0.4, -0.2) is 89.9 Å². The SMILES string of the molecule is CN[C@@H]1[C@H](O)[C@H](NC)[C@H]2OC3(O)C(=O)C[C@@H](C)O[C@H]3O[C@@H]2[C@H]1O. The summed E-state index contributed by atoms with van der Waals surface area (Å²) in [6, 6.07) is -1.29. The van der Waals surface area contributed by atoms with Gasteiger partial charge >= 0.3 is 0 Å². The topological polar surface area (TPSA) is 130 Å². The third-order valence-corrected chi connectivity index (χ3v) is 4.93. The van der Waals surface area contributed by atoms with E-state index in [0.29, 0.717) is 0 Å². The molecule has 2 aliphatic heterocycles. The number of carbonyl (C=O) groups excluding carboxylic acids is 1. The first-order valence-electron chi connectivity index (χ1n) is 7.78. The van der Waals surface area contributed by atoms with E-state index in [1.54, 1.807) is 21.0 Å². The van der Waals surface area contributed by atoms with Crippen molar-refractivity contribution in [2.45, 2.75) is 68.0 Å². The molecule has 2 heterocycles. The van der Waals surface area contributed by atoms with Crippen LogP contribution in [0.3, 0.4) is 0 Å². The van der Waals surface area contributed by atoms with Gasteiger partial charge < -0.3 is 40.2 Å². The predicted molar refractivity (Wildman–Crippen MR) is 76.4 cm³/mol. The lowest BCUT2D eigenvalue weighted by atomic mass is 9.80. The van der Waals surface area contributed by atoms with Gasteiger partial charge in [-0.15, -0.1) is 0 Å². The number of rotatable bonds is 2. The quantitative estimate of drug-likeness (QED) is 0.361. The Labute approximate surface area is 133 Å². The summed E-state index contributed by atoms with van der Waals surface area (Å²) in [6.07, 6.45) is -5.58. The van der Waals surface area contributed by atoms with Crippen molar-refractivity contribution in [2.24, 2.45) is 0 Å². The van der Waals surface area contributed by atoms with Crippen molar-refractivity contribution >= 4 is 5.78 Å². The van der Waals surface area contributed by atoms with E-state index in [9.17, 15) is 20.1 Å². The lowest BCUT2D eigenvalue weighted by molar-refractivity contribution is -0.420.